The normalized spacial score (nSPS) is 12.3. The lowest BCUT2D eigenvalue weighted by Gasteiger charge is -2.26. The number of rotatable bonds is 7. The first-order valence-electron chi connectivity index (χ1n) is 8.90. The molecule has 25 heavy (non-hydrogen) atoms. The first kappa shape index (κ1) is 19.0. The van der Waals surface area contributed by atoms with E-state index < -0.39 is 0 Å². The number of carbonyl (C=O) groups is 1. The highest BCUT2D eigenvalue weighted by atomic mass is 16.5. The summed E-state index contributed by atoms with van der Waals surface area (Å²) >= 11 is 0. The molecule has 0 spiro atoms. The highest BCUT2D eigenvalue weighted by Gasteiger charge is 2.25. The molecule has 5 heteroatoms. The van der Waals surface area contributed by atoms with Gasteiger partial charge in [-0.3, -0.25) is 9.48 Å². The van der Waals surface area contributed by atoms with Gasteiger partial charge < -0.3 is 9.64 Å². The van der Waals surface area contributed by atoms with Crippen molar-refractivity contribution in [3.05, 3.63) is 47.3 Å². The van der Waals surface area contributed by atoms with Crippen LogP contribution in [0.4, 0.5) is 0 Å². The van der Waals surface area contributed by atoms with Crippen LogP contribution in [0.15, 0.2) is 30.5 Å². The topological polar surface area (TPSA) is 47.4 Å². The smallest absolute Gasteiger partial charge is 0.257 e. The van der Waals surface area contributed by atoms with Crippen LogP contribution < -0.4 is 4.74 Å². The third-order valence-electron chi connectivity index (χ3n) is 5.05. The summed E-state index contributed by atoms with van der Waals surface area (Å²) in [7, 11) is 3.48. The predicted molar refractivity (Wildman–Crippen MR) is 100 cm³/mol. The van der Waals surface area contributed by atoms with Crippen molar-refractivity contribution in [2.75, 3.05) is 14.2 Å². The Morgan fingerprint density at radius 2 is 1.92 bits per heavy atom. The molecule has 1 atom stereocenters. The van der Waals surface area contributed by atoms with Gasteiger partial charge in [0.25, 0.3) is 5.91 Å². The van der Waals surface area contributed by atoms with Crippen molar-refractivity contribution in [2.24, 2.45) is 0 Å². The number of carbonyl (C=O) groups excluding carboxylic acids is 1. The van der Waals surface area contributed by atoms with E-state index in [1.165, 1.54) is 0 Å². The average molecular weight is 343 g/mol. The molecule has 2 aromatic rings. The monoisotopic (exact) mass is 343 g/mol. The first-order valence-corrected chi connectivity index (χ1v) is 8.90. The van der Waals surface area contributed by atoms with Crippen LogP contribution in [0.1, 0.15) is 67.3 Å². The van der Waals surface area contributed by atoms with Crippen molar-refractivity contribution in [3.63, 3.8) is 0 Å². The van der Waals surface area contributed by atoms with Gasteiger partial charge in [0.15, 0.2) is 0 Å². The van der Waals surface area contributed by atoms with Crippen molar-refractivity contribution in [3.8, 4) is 5.75 Å². The third-order valence-corrected chi connectivity index (χ3v) is 5.05. The van der Waals surface area contributed by atoms with Gasteiger partial charge >= 0.3 is 0 Å². The van der Waals surface area contributed by atoms with Crippen molar-refractivity contribution in [1.29, 1.82) is 0 Å². The molecule has 0 aliphatic heterocycles. The van der Waals surface area contributed by atoms with Crippen LogP contribution in [0.5, 0.6) is 5.75 Å². The zero-order valence-corrected chi connectivity index (χ0v) is 16.1. The van der Waals surface area contributed by atoms with Gasteiger partial charge in [0.2, 0.25) is 0 Å². The molecule has 0 saturated heterocycles. The maximum atomic E-state index is 13.0. The molecular formula is C20H29N3O2. The second kappa shape index (κ2) is 8.19. The van der Waals surface area contributed by atoms with Gasteiger partial charge in [-0.2, -0.15) is 5.10 Å². The molecule has 1 heterocycles. The van der Waals surface area contributed by atoms with Gasteiger partial charge in [0.1, 0.15) is 5.75 Å². The molecule has 0 saturated carbocycles. The van der Waals surface area contributed by atoms with Gasteiger partial charge in [-0.05, 0) is 32.8 Å². The minimum absolute atomic E-state index is 0.0203. The lowest BCUT2D eigenvalue weighted by molar-refractivity contribution is 0.0740. The molecule has 1 aromatic heterocycles. The summed E-state index contributed by atoms with van der Waals surface area (Å²) in [4.78, 5) is 14.8. The van der Waals surface area contributed by atoms with Gasteiger partial charge in [0, 0.05) is 18.3 Å². The zero-order valence-electron chi connectivity index (χ0n) is 16.1. The van der Waals surface area contributed by atoms with Crippen LogP contribution in [0.25, 0.3) is 0 Å². The second-order valence-corrected chi connectivity index (χ2v) is 6.39. The minimum atomic E-state index is -0.0976. The van der Waals surface area contributed by atoms with Crippen LogP contribution in [-0.2, 0) is 0 Å². The summed E-state index contributed by atoms with van der Waals surface area (Å²) in [5.74, 6) is 0.771. The summed E-state index contributed by atoms with van der Waals surface area (Å²) in [5.41, 5.74) is 2.58. The maximum Gasteiger partial charge on any atom is 0.257 e. The largest absolute Gasteiger partial charge is 0.496 e. The molecule has 136 valence electrons. The van der Waals surface area contributed by atoms with Crippen molar-refractivity contribution < 1.29 is 9.53 Å². The van der Waals surface area contributed by atoms with E-state index in [0.717, 1.165) is 29.8 Å². The first-order chi connectivity index (χ1) is 12.0. The highest BCUT2D eigenvalue weighted by Crippen LogP contribution is 2.29. The lowest BCUT2D eigenvalue weighted by atomic mass is 10.0. The number of para-hydroxylation sites is 1. The molecule has 0 aliphatic carbocycles. The number of nitrogens with zero attached hydrogens (tertiary/aromatic N) is 3. The SMILES string of the molecule is CCC(CC)n1ncc(C(=O)N(C)C(C)c2ccccc2OC)c1C. The number of hydrogen-bond donors (Lipinski definition) is 0. The molecule has 0 N–H and O–H groups in total. The fraction of sp³-hybridized carbons (Fsp3) is 0.500. The van der Waals surface area contributed by atoms with Gasteiger partial charge in [-0.25, -0.2) is 0 Å². The van der Waals surface area contributed by atoms with Gasteiger partial charge in [-0.1, -0.05) is 32.0 Å². The van der Waals surface area contributed by atoms with Crippen molar-refractivity contribution >= 4 is 5.91 Å². The van der Waals surface area contributed by atoms with E-state index in [0.29, 0.717) is 11.6 Å². The molecule has 0 aliphatic rings. The van der Waals surface area contributed by atoms with Crippen LogP contribution in [0.2, 0.25) is 0 Å². The van der Waals surface area contributed by atoms with Crippen molar-refractivity contribution in [1.82, 2.24) is 14.7 Å². The Labute approximate surface area is 150 Å². The van der Waals surface area contributed by atoms with Crippen LogP contribution >= 0.6 is 0 Å². The molecule has 1 amide bonds. The number of benzene rings is 1. The quantitative estimate of drug-likeness (QED) is 0.749. The standard InChI is InChI=1S/C20H29N3O2/c1-7-16(8-2)23-15(4)18(13-21-23)20(24)22(5)14(3)17-11-9-10-12-19(17)25-6/h9-14,16H,7-8H2,1-6H3. The average Bonchev–Trinajstić information content (AvgIpc) is 3.02. The Kier molecular flexibility index (Phi) is 6.23. The number of methoxy groups -OCH3 is 1. The van der Waals surface area contributed by atoms with Crippen LogP contribution in [0, 0.1) is 6.92 Å². The fourth-order valence-electron chi connectivity index (χ4n) is 3.22. The zero-order chi connectivity index (χ0) is 18.6. The molecule has 0 bridgehead atoms. The predicted octanol–water partition coefficient (Wildman–Crippen LogP) is 4.39. The number of amides is 1. The van der Waals surface area contributed by atoms with Crippen molar-refractivity contribution in [2.45, 2.75) is 52.6 Å². The lowest BCUT2D eigenvalue weighted by Crippen LogP contribution is -2.30. The van der Waals surface area contributed by atoms with Crippen LogP contribution in [0.3, 0.4) is 0 Å². The van der Waals surface area contributed by atoms with E-state index in [1.54, 1.807) is 18.2 Å². The van der Waals surface area contributed by atoms with E-state index >= 15 is 0 Å². The molecule has 1 aromatic carbocycles. The number of hydrogen-bond acceptors (Lipinski definition) is 3. The molecule has 2 rings (SSSR count). The third kappa shape index (κ3) is 3.70. The molecule has 1 unspecified atom stereocenters. The minimum Gasteiger partial charge on any atom is -0.496 e. The van der Waals surface area contributed by atoms with Gasteiger partial charge in [-0.15, -0.1) is 0 Å². The molecule has 0 radical (unpaired) electrons. The summed E-state index contributed by atoms with van der Waals surface area (Å²) in [6.07, 6.45) is 3.70. The summed E-state index contributed by atoms with van der Waals surface area (Å²) in [5, 5.41) is 4.47. The molecule has 5 nitrogen and oxygen atoms in total. The Morgan fingerprint density at radius 1 is 1.28 bits per heavy atom. The van der Waals surface area contributed by atoms with E-state index in [-0.39, 0.29) is 11.9 Å². The Bertz CT molecular complexity index is 719. The van der Waals surface area contributed by atoms with Crippen LogP contribution in [-0.4, -0.2) is 34.7 Å². The van der Waals surface area contributed by atoms with E-state index in [2.05, 4.69) is 18.9 Å². The number of aromatic nitrogens is 2. The second-order valence-electron chi connectivity index (χ2n) is 6.39. The molecular weight excluding hydrogens is 314 g/mol. The summed E-state index contributed by atoms with van der Waals surface area (Å²) in [6, 6.07) is 8.04. The Morgan fingerprint density at radius 3 is 2.52 bits per heavy atom. The Hall–Kier alpha value is -2.30. The number of ether oxygens (including phenoxy) is 1. The summed E-state index contributed by atoms with van der Waals surface area (Å²) < 4.78 is 7.42. The van der Waals surface area contributed by atoms with E-state index in [9.17, 15) is 4.79 Å². The summed E-state index contributed by atoms with van der Waals surface area (Å²) in [6.45, 7) is 8.27. The highest BCUT2D eigenvalue weighted by molar-refractivity contribution is 5.95. The Balaban J connectivity index is 2.28. The maximum absolute atomic E-state index is 13.0. The fourth-order valence-corrected chi connectivity index (χ4v) is 3.22. The molecule has 0 fully saturated rings. The van der Waals surface area contributed by atoms with E-state index in [1.807, 2.05) is 49.8 Å². The van der Waals surface area contributed by atoms with Gasteiger partial charge in [0.05, 0.1) is 31.0 Å². The van der Waals surface area contributed by atoms with E-state index in [4.69, 9.17) is 4.74 Å².